The van der Waals surface area contributed by atoms with Gasteiger partial charge in [0.2, 0.25) is 11.8 Å². The molecule has 0 radical (unpaired) electrons. The van der Waals surface area contributed by atoms with Crippen molar-refractivity contribution in [2.45, 2.75) is 39.2 Å². The van der Waals surface area contributed by atoms with E-state index in [1.807, 2.05) is 67.3 Å². The largest absolute Gasteiger partial charge is 0.369 e. The number of benzene rings is 3. The molecule has 2 heterocycles. The van der Waals surface area contributed by atoms with Gasteiger partial charge in [-0.05, 0) is 67.3 Å². The van der Waals surface area contributed by atoms with Crippen LogP contribution in [0.5, 0.6) is 0 Å². The summed E-state index contributed by atoms with van der Waals surface area (Å²) in [7, 11) is 0. The molecule has 4 aromatic rings. The molecule has 2 aliphatic rings. The van der Waals surface area contributed by atoms with Crippen molar-refractivity contribution in [1.29, 1.82) is 0 Å². The third-order valence-electron chi connectivity index (χ3n) is 8.64. The molecule has 3 aromatic carbocycles. The second-order valence-electron chi connectivity index (χ2n) is 10.6. The highest BCUT2D eigenvalue weighted by molar-refractivity contribution is 6.04. The summed E-state index contributed by atoms with van der Waals surface area (Å²) < 4.78 is 15.2. The fraction of sp³-hybridized carbons (Fsp3) is 0.300. The zero-order valence-electron chi connectivity index (χ0n) is 20.9. The smallest absolute Gasteiger partial charge is 0.233 e. The topological polar surface area (TPSA) is 81.2 Å². The van der Waals surface area contributed by atoms with E-state index in [0.717, 1.165) is 27.8 Å². The monoisotopic (exact) mass is 496 g/mol. The van der Waals surface area contributed by atoms with Crippen molar-refractivity contribution in [3.05, 3.63) is 90.4 Å². The summed E-state index contributed by atoms with van der Waals surface area (Å²) in [6, 6.07) is 21.6. The van der Waals surface area contributed by atoms with Gasteiger partial charge in [-0.15, -0.1) is 0 Å². The van der Waals surface area contributed by atoms with Crippen molar-refractivity contribution in [1.82, 2.24) is 9.78 Å². The van der Waals surface area contributed by atoms with Crippen LogP contribution < -0.4 is 10.6 Å². The van der Waals surface area contributed by atoms with Crippen LogP contribution in [0, 0.1) is 22.6 Å². The van der Waals surface area contributed by atoms with Crippen molar-refractivity contribution in [2.75, 3.05) is 4.90 Å². The maximum atomic E-state index is 14.3. The molecule has 1 aromatic heterocycles. The Kier molecular flexibility index (Phi) is 5.23. The first-order valence-corrected chi connectivity index (χ1v) is 12.7. The number of fused-ring (bicyclic) bond motifs is 1. The number of hydrogen-bond donors (Lipinski definition) is 1. The average Bonchev–Trinajstić information content (AvgIpc) is 3.55. The number of carbonyl (C=O) groups excluding carboxylic acids is 2. The zero-order chi connectivity index (χ0) is 25.9. The molecule has 3 atom stereocenters. The summed E-state index contributed by atoms with van der Waals surface area (Å²) >= 11 is 0. The summed E-state index contributed by atoms with van der Waals surface area (Å²) in [5.74, 6) is -0.856. The van der Waals surface area contributed by atoms with Gasteiger partial charge in [0.25, 0.3) is 0 Å². The quantitative estimate of drug-likeness (QED) is 0.380. The number of hydrogen-bond acceptors (Lipinski definition) is 3. The summed E-state index contributed by atoms with van der Waals surface area (Å²) in [4.78, 5) is 28.9. The minimum atomic E-state index is -0.737. The molecule has 1 aliphatic heterocycles. The fourth-order valence-corrected chi connectivity index (χ4v) is 6.39. The Hall–Kier alpha value is -4.00. The van der Waals surface area contributed by atoms with Crippen molar-refractivity contribution in [2.24, 2.45) is 22.5 Å². The third-order valence-corrected chi connectivity index (χ3v) is 8.64. The van der Waals surface area contributed by atoms with Crippen molar-refractivity contribution in [3.8, 4) is 5.69 Å². The second kappa shape index (κ2) is 8.26. The number of halogens is 1. The Morgan fingerprint density at radius 1 is 1.05 bits per heavy atom. The van der Waals surface area contributed by atoms with Crippen LogP contribution in [0.1, 0.15) is 44.7 Å². The first-order valence-electron chi connectivity index (χ1n) is 12.7. The molecule has 188 valence electrons. The molecule has 1 saturated heterocycles. The van der Waals surface area contributed by atoms with Crippen LogP contribution in [0.3, 0.4) is 0 Å². The van der Waals surface area contributed by atoms with E-state index in [1.165, 1.54) is 12.1 Å². The number of amides is 2. The maximum Gasteiger partial charge on any atom is 0.233 e. The number of aromatic nitrogens is 2. The van der Waals surface area contributed by atoms with Gasteiger partial charge >= 0.3 is 0 Å². The molecule has 6 nitrogen and oxygen atoms in total. The van der Waals surface area contributed by atoms with E-state index in [0.29, 0.717) is 19.3 Å². The summed E-state index contributed by atoms with van der Waals surface area (Å²) in [6.45, 7) is 4.01. The van der Waals surface area contributed by atoms with Crippen molar-refractivity contribution in [3.63, 3.8) is 0 Å². The van der Waals surface area contributed by atoms with Gasteiger partial charge < -0.3 is 10.6 Å². The molecule has 0 unspecified atom stereocenters. The van der Waals surface area contributed by atoms with Gasteiger partial charge in [-0.3, -0.25) is 9.59 Å². The van der Waals surface area contributed by atoms with Crippen molar-refractivity contribution >= 4 is 28.4 Å². The predicted molar refractivity (Wildman–Crippen MR) is 140 cm³/mol. The summed E-state index contributed by atoms with van der Waals surface area (Å²) in [6.07, 6.45) is 3.77. The molecule has 1 saturated carbocycles. The van der Waals surface area contributed by atoms with E-state index >= 15 is 0 Å². The number of anilines is 1. The number of nitrogens with two attached hydrogens (primary N) is 1. The number of primary amides is 1. The molecule has 6 rings (SSSR count). The molecule has 2 fully saturated rings. The van der Waals surface area contributed by atoms with Crippen LogP contribution >= 0.6 is 0 Å². The standard InChI is InChI=1S/C30H29FN4O2/c1-3-29(2)26(30(15-16-30)27(32)36)25(19-7-5-4-6-8-19)34(28(29)37)23-13-14-24-20(17-23)18-33-35(24)22-11-9-21(31)10-12-22/h4-14,17-18,25-26H,3,15-16H2,1-2H3,(H2,32,36)/t25-,26-,29+/m0/s1. The highest BCUT2D eigenvalue weighted by atomic mass is 19.1. The maximum absolute atomic E-state index is 14.3. The van der Waals surface area contributed by atoms with Crippen molar-refractivity contribution < 1.29 is 14.0 Å². The van der Waals surface area contributed by atoms with Crippen LogP contribution in [-0.4, -0.2) is 21.6 Å². The lowest BCUT2D eigenvalue weighted by molar-refractivity contribution is -0.131. The highest BCUT2D eigenvalue weighted by Gasteiger charge is 2.69. The Morgan fingerprint density at radius 3 is 2.35 bits per heavy atom. The van der Waals surface area contributed by atoms with E-state index < -0.39 is 10.8 Å². The van der Waals surface area contributed by atoms with Crippen LogP contribution in [-0.2, 0) is 9.59 Å². The first-order chi connectivity index (χ1) is 17.8. The molecular weight excluding hydrogens is 467 g/mol. The summed E-state index contributed by atoms with van der Waals surface area (Å²) in [5, 5.41) is 5.38. The van der Waals surface area contributed by atoms with Gasteiger partial charge in [-0.1, -0.05) is 44.2 Å². The van der Waals surface area contributed by atoms with Gasteiger partial charge in [0, 0.05) is 17.0 Å². The normalized spacial score (nSPS) is 24.5. The van der Waals surface area contributed by atoms with Gasteiger partial charge in [-0.25, -0.2) is 9.07 Å². The molecule has 2 amide bonds. The van der Waals surface area contributed by atoms with Crippen LogP contribution in [0.4, 0.5) is 10.1 Å². The Morgan fingerprint density at radius 2 is 1.73 bits per heavy atom. The molecular formula is C30H29FN4O2. The highest BCUT2D eigenvalue weighted by Crippen LogP contribution is 2.67. The first kappa shape index (κ1) is 23.4. The molecule has 0 spiro atoms. The lowest BCUT2D eigenvalue weighted by Gasteiger charge is -2.36. The average molecular weight is 497 g/mol. The van der Waals surface area contributed by atoms with E-state index in [4.69, 9.17) is 5.73 Å². The van der Waals surface area contributed by atoms with Gasteiger partial charge in [-0.2, -0.15) is 5.10 Å². The minimum absolute atomic E-state index is 0.00616. The third kappa shape index (κ3) is 3.40. The molecule has 0 bridgehead atoms. The summed E-state index contributed by atoms with van der Waals surface area (Å²) in [5.41, 5.74) is 7.92. The Bertz CT molecular complexity index is 1510. The lowest BCUT2D eigenvalue weighted by atomic mass is 9.65. The minimum Gasteiger partial charge on any atom is -0.369 e. The van der Waals surface area contributed by atoms with E-state index in [-0.39, 0.29) is 29.6 Å². The van der Waals surface area contributed by atoms with E-state index in [2.05, 4.69) is 5.10 Å². The van der Waals surface area contributed by atoms with E-state index in [9.17, 15) is 14.0 Å². The predicted octanol–water partition coefficient (Wildman–Crippen LogP) is 5.55. The number of carbonyl (C=O) groups is 2. The SMILES string of the molecule is CC[C@@]1(C)C(=O)N(c2ccc3c(cnn3-c3ccc(F)cc3)c2)[C@@H](c2ccccc2)[C@@H]1C1(C(N)=O)CC1. The lowest BCUT2D eigenvalue weighted by Crippen LogP contribution is -2.42. The zero-order valence-corrected chi connectivity index (χ0v) is 20.9. The molecule has 2 N–H and O–H groups in total. The molecule has 37 heavy (non-hydrogen) atoms. The van der Waals surface area contributed by atoms with E-state index in [1.54, 1.807) is 23.0 Å². The van der Waals surface area contributed by atoms with Crippen LogP contribution in [0.15, 0.2) is 79.0 Å². The molecule has 7 heteroatoms. The molecule has 1 aliphatic carbocycles. The Balaban J connectivity index is 1.50. The Labute approximate surface area is 214 Å². The van der Waals surface area contributed by atoms with Crippen LogP contribution in [0.25, 0.3) is 16.6 Å². The number of nitrogens with zero attached hydrogens (tertiary/aromatic N) is 3. The fourth-order valence-electron chi connectivity index (χ4n) is 6.39. The van der Waals surface area contributed by atoms with Gasteiger partial charge in [0.15, 0.2) is 0 Å². The van der Waals surface area contributed by atoms with Gasteiger partial charge in [0.1, 0.15) is 5.82 Å². The number of rotatable bonds is 6. The van der Waals surface area contributed by atoms with Gasteiger partial charge in [0.05, 0.1) is 34.3 Å². The second-order valence-corrected chi connectivity index (χ2v) is 10.6. The van der Waals surface area contributed by atoms with Crippen LogP contribution in [0.2, 0.25) is 0 Å².